The van der Waals surface area contributed by atoms with Crippen molar-refractivity contribution in [1.82, 2.24) is 0 Å². The maximum absolute atomic E-state index is 13.6. The molecule has 0 atom stereocenters. The Bertz CT molecular complexity index is 1250. The van der Waals surface area contributed by atoms with Crippen LogP contribution in [0.5, 0.6) is 17.2 Å². The van der Waals surface area contributed by atoms with Crippen LogP contribution in [0.2, 0.25) is 5.02 Å². The fourth-order valence-corrected chi connectivity index (χ4v) is 3.79. The summed E-state index contributed by atoms with van der Waals surface area (Å²) >= 11 is 6.33. The summed E-state index contributed by atoms with van der Waals surface area (Å²) in [4.78, 5) is 28.2. The van der Waals surface area contributed by atoms with E-state index >= 15 is 0 Å². The third-order valence-electron chi connectivity index (χ3n) is 5.22. The molecule has 0 aliphatic carbocycles. The van der Waals surface area contributed by atoms with E-state index in [1.54, 1.807) is 73.8 Å². The summed E-state index contributed by atoms with van der Waals surface area (Å²) in [6, 6.07) is 18.7. The summed E-state index contributed by atoms with van der Waals surface area (Å²) in [5.41, 5.74) is 1.62. The summed E-state index contributed by atoms with van der Waals surface area (Å²) < 4.78 is 16.0. The standard InChI is InChI=1S/C25H21ClN2O5/c1-31-16-10-8-15(9-11-16)22-23(27-19-14-17(32-2)12-13-21(19)33-3)25(30)28(24(22)29)20-7-5-4-6-18(20)26/h4-14,27H,1-3H3. The van der Waals surface area contributed by atoms with Gasteiger partial charge in [-0.1, -0.05) is 35.9 Å². The predicted octanol–water partition coefficient (Wildman–Crippen LogP) is 4.76. The van der Waals surface area contributed by atoms with Crippen molar-refractivity contribution >= 4 is 40.4 Å². The first-order chi connectivity index (χ1) is 16.0. The highest BCUT2D eigenvalue weighted by molar-refractivity contribution is 6.48. The van der Waals surface area contributed by atoms with Crippen molar-refractivity contribution in [1.29, 1.82) is 0 Å². The number of nitrogens with zero attached hydrogens (tertiary/aromatic N) is 1. The number of nitrogens with one attached hydrogen (secondary N) is 1. The summed E-state index contributed by atoms with van der Waals surface area (Å²) in [6.45, 7) is 0. The van der Waals surface area contributed by atoms with E-state index in [4.69, 9.17) is 25.8 Å². The first-order valence-corrected chi connectivity index (χ1v) is 10.4. The Morgan fingerprint density at radius 3 is 2.09 bits per heavy atom. The molecule has 4 rings (SSSR count). The molecule has 0 saturated carbocycles. The fraction of sp³-hybridized carbons (Fsp3) is 0.120. The van der Waals surface area contributed by atoms with Crippen molar-refractivity contribution < 1.29 is 23.8 Å². The Morgan fingerprint density at radius 1 is 0.788 bits per heavy atom. The number of benzene rings is 3. The second kappa shape index (κ2) is 9.26. The van der Waals surface area contributed by atoms with Crippen LogP contribution in [0.3, 0.4) is 0 Å². The number of imide groups is 1. The van der Waals surface area contributed by atoms with Crippen molar-refractivity contribution in [3.05, 3.63) is 83.0 Å². The molecule has 2 amide bonds. The summed E-state index contributed by atoms with van der Waals surface area (Å²) in [7, 11) is 4.61. The van der Waals surface area contributed by atoms with E-state index in [9.17, 15) is 9.59 Å². The number of hydrogen-bond donors (Lipinski definition) is 1. The van der Waals surface area contributed by atoms with E-state index in [1.165, 1.54) is 14.2 Å². The van der Waals surface area contributed by atoms with Gasteiger partial charge in [-0.15, -0.1) is 0 Å². The van der Waals surface area contributed by atoms with E-state index < -0.39 is 11.8 Å². The first-order valence-electron chi connectivity index (χ1n) is 9.99. The van der Waals surface area contributed by atoms with Crippen LogP contribution in [0.25, 0.3) is 5.57 Å². The van der Waals surface area contributed by atoms with Crippen molar-refractivity contribution in [2.75, 3.05) is 31.5 Å². The largest absolute Gasteiger partial charge is 0.497 e. The number of ether oxygens (including phenoxy) is 3. The minimum Gasteiger partial charge on any atom is -0.497 e. The van der Waals surface area contributed by atoms with Gasteiger partial charge in [0.25, 0.3) is 11.8 Å². The van der Waals surface area contributed by atoms with Gasteiger partial charge in [0.05, 0.1) is 43.3 Å². The van der Waals surface area contributed by atoms with E-state index in [2.05, 4.69) is 5.32 Å². The molecule has 168 valence electrons. The van der Waals surface area contributed by atoms with E-state index in [1.807, 2.05) is 0 Å². The van der Waals surface area contributed by atoms with E-state index in [0.717, 1.165) is 4.90 Å². The van der Waals surface area contributed by atoms with Crippen LogP contribution in [0, 0.1) is 0 Å². The minimum absolute atomic E-state index is 0.0941. The molecule has 3 aromatic rings. The lowest BCUT2D eigenvalue weighted by atomic mass is 10.0. The number of halogens is 1. The number of hydrogen-bond acceptors (Lipinski definition) is 6. The van der Waals surface area contributed by atoms with Gasteiger partial charge in [0.15, 0.2) is 0 Å². The van der Waals surface area contributed by atoms with Crippen molar-refractivity contribution in [3.63, 3.8) is 0 Å². The maximum Gasteiger partial charge on any atom is 0.282 e. The normalized spacial score (nSPS) is 13.4. The molecule has 0 saturated heterocycles. The average Bonchev–Trinajstić information content (AvgIpc) is 3.08. The van der Waals surface area contributed by atoms with Gasteiger partial charge in [-0.05, 0) is 42.0 Å². The van der Waals surface area contributed by atoms with Gasteiger partial charge in [0.2, 0.25) is 0 Å². The molecule has 8 heteroatoms. The molecule has 3 aromatic carbocycles. The second-order valence-electron chi connectivity index (χ2n) is 7.07. The summed E-state index contributed by atoms with van der Waals surface area (Å²) in [5.74, 6) is 0.632. The molecule has 0 unspecified atom stereocenters. The predicted molar refractivity (Wildman–Crippen MR) is 127 cm³/mol. The highest BCUT2D eigenvalue weighted by atomic mass is 35.5. The zero-order valence-corrected chi connectivity index (χ0v) is 19.0. The summed E-state index contributed by atoms with van der Waals surface area (Å²) in [5, 5.41) is 3.39. The number of rotatable bonds is 7. The zero-order valence-electron chi connectivity index (χ0n) is 18.2. The van der Waals surface area contributed by atoms with Gasteiger partial charge < -0.3 is 19.5 Å². The number of methoxy groups -OCH3 is 3. The number of carbonyl (C=O) groups excluding carboxylic acids is 2. The number of amides is 2. The number of para-hydroxylation sites is 1. The zero-order chi connectivity index (χ0) is 23.5. The van der Waals surface area contributed by atoms with Crippen molar-refractivity contribution in [2.24, 2.45) is 0 Å². The van der Waals surface area contributed by atoms with Crippen molar-refractivity contribution in [3.8, 4) is 17.2 Å². The lowest BCUT2D eigenvalue weighted by Crippen LogP contribution is -2.32. The third kappa shape index (κ3) is 4.10. The molecular formula is C25H21ClN2O5. The first kappa shape index (κ1) is 22.2. The molecular weight excluding hydrogens is 444 g/mol. The van der Waals surface area contributed by atoms with Gasteiger partial charge in [-0.25, -0.2) is 4.90 Å². The monoisotopic (exact) mass is 464 g/mol. The molecule has 0 radical (unpaired) electrons. The van der Waals surface area contributed by atoms with Gasteiger partial charge >= 0.3 is 0 Å². The van der Waals surface area contributed by atoms with Crippen LogP contribution in [-0.4, -0.2) is 33.1 Å². The van der Waals surface area contributed by atoms with Crippen LogP contribution in [0.15, 0.2) is 72.4 Å². The minimum atomic E-state index is -0.538. The quantitative estimate of drug-likeness (QED) is 0.508. The van der Waals surface area contributed by atoms with Crippen LogP contribution >= 0.6 is 11.6 Å². The smallest absolute Gasteiger partial charge is 0.282 e. The Morgan fingerprint density at radius 2 is 1.45 bits per heavy atom. The van der Waals surface area contributed by atoms with Gasteiger partial charge in [-0.2, -0.15) is 0 Å². The molecule has 1 heterocycles. The third-order valence-corrected chi connectivity index (χ3v) is 5.54. The van der Waals surface area contributed by atoms with Gasteiger partial charge in [-0.3, -0.25) is 9.59 Å². The van der Waals surface area contributed by atoms with Crippen LogP contribution in [0.1, 0.15) is 5.56 Å². The summed E-state index contributed by atoms with van der Waals surface area (Å²) in [6.07, 6.45) is 0. The molecule has 0 aromatic heterocycles. The molecule has 0 bridgehead atoms. The Hall–Kier alpha value is -3.97. The highest BCUT2D eigenvalue weighted by Crippen LogP contribution is 2.39. The van der Waals surface area contributed by atoms with E-state index in [0.29, 0.717) is 34.2 Å². The van der Waals surface area contributed by atoms with Crippen LogP contribution in [-0.2, 0) is 9.59 Å². The van der Waals surface area contributed by atoms with Crippen LogP contribution in [0.4, 0.5) is 11.4 Å². The lowest BCUT2D eigenvalue weighted by molar-refractivity contribution is -0.120. The number of anilines is 2. The van der Waals surface area contributed by atoms with Gasteiger partial charge in [0, 0.05) is 6.07 Å². The molecule has 1 aliphatic heterocycles. The molecule has 0 fully saturated rings. The lowest BCUT2D eigenvalue weighted by Gasteiger charge is -2.17. The number of carbonyl (C=O) groups is 2. The fourth-order valence-electron chi connectivity index (χ4n) is 3.57. The Labute approximate surface area is 196 Å². The average molecular weight is 465 g/mol. The maximum atomic E-state index is 13.6. The molecule has 0 spiro atoms. The topological polar surface area (TPSA) is 77.1 Å². The highest BCUT2D eigenvalue weighted by Gasteiger charge is 2.41. The Balaban J connectivity index is 1.86. The molecule has 1 N–H and O–H groups in total. The second-order valence-corrected chi connectivity index (χ2v) is 7.47. The molecule has 33 heavy (non-hydrogen) atoms. The van der Waals surface area contributed by atoms with E-state index in [-0.39, 0.29) is 16.3 Å². The van der Waals surface area contributed by atoms with Crippen molar-refractivity contribution in [2.45, 2.75) is 0 Å². The van der Waals surface area contributed by atoms with Gasteiger partial charge in [0.1, 0.15) is 22.9 Å². The molecule has 7 nitrogen and oxygen atoms in total. The van der Waals surface area contributed by atoms with Crippen LogP contribution < -0.4 is 24.4 Å². The Kier molecular flexibility index (Phi) is 6.24. The molecule has 1 aliphatic rings. The SMILES string of the molecule is COc1ccc(C2=C(Nc3cc(OC)ccc3OC)C(=O)N(c3ccccc3Cl)C2=O)cc1.